The molecule has 0 saturated carbocycles. The number of hydrogen-bond donors (Lipinski definition) is 3. The van der Waals surface area contributed by atoms with Crippen LogP contribution in [0.25, 0.3) is 5.52 Å². The minimum Gasteiger partial charge on any atom is -0.397 e. The van der Waals surface area contributed by atoms with Crippen molar-refractivity contribution in [3.63, 3.8) is 0 Å². The Hall–Kier alpha value is -2.24. The molecule has 0 aliphatic heterocycles. The Kier molecular flexibility index (Phi) is 1.96. The molecule has 0 aromatic carbocycles. The first-order valence-electron chi connectivity index (χ1n) is 4.38. The summed E-state index contributed by atoms with van der Waals surface area (Å²) in [5.41, 5.74) is 13.4. The fourth-order valence-electron chi connectivity index (χ4n) is 1.41. The van der Waals surface area contributed by atoms with Crippen LogP contribution in [0, 0.1) is 0 Å². The van der Waals surface area contributed by atoms with Crippen LogP contribution in [0.3, 0.4) is 0 Å². The molecule has 0 aliphatic rings. The summed E-state index contributed by atoms with van der Waals surface area (Å²) in [5.74, 6) is -0.262. The van der Waals surface area contributed by atoms with E-state index in [1.807, 2.05) is 0 Å². The van der Waals surface area contributed by atoms with Crippen LogP contribution in [0.1, 0.15) is 10.4 Å². The van der Waals surface area contributed by atoms with Crippen molar-refractivity contribution >= 4 is 22.8 Å². The largest absolute Gasteiger partial charge is 0.397 e. The molecule has 0 unspecified atom stereocenters. The highest BCUT2D eigenvalue weighted by Gasteiger charge is 2.12. The molecule has 2 rings (SSSR count). The summed E-state index contributed by atoms with van der Waals surface area (Å²) in [7, 11) is 1.54. The number of rotatable bonds is 1. The molecule has 0 saturated heterocycles. The Morgan fingerprint density at radius 3 is 2.93 bits per heavy atom. The molecule has 6 nitrogen and oxygen atoms in total. The maximum Gasteiger partial charge on any atom is 0.254 e. The van der Waals surface area contributed by atoms with Crippen LogP contribution >= 0.6 is 0 Å². The SMILES string of the molecule is CNC(=O)c1cnn2cc(N)cc2c1N. The third-order valence-electron chi connectivity index (χ3n) is 2.17. The molecule has 15 heavy (non-hydrogen) atoms. The zero-order valence-corrected chi connectivity index (χ0v) is 8.19. The molecular formula is C9H11N5O. The molecule has 0 spiro atoms. The lowest BCUT2D eigenvalue weighted by Crippen LogP contribution is -2.20. The second-order valence-electron chi connectivity index (χ2n) is 3.15. The van der Waals surface area contributed by atoms with Crippen molar-refractivity contribution < 1.29 is 4.79 Å². The predicted octanol–water partition coefficient (Wildman–Crippen LogP) is -0.142. The number of carbonyl (C=O) groups excluding carboxylic acids is 1. The minimum absolute atomic E-state index is 0.262. The lowest BCUT2D eigenvalue weighted by Gasteiger charge is -2.04. The van der Waals surface area contributed by atoms with E-state index < -0.39 is 0 Å². The number of nitrogens with two attached hydrogens (primary N) is 2. The molecule has 0 atom stereocenters. The first kappa shape index (κ1) is 9.32. The van der Waals surface area contributed by atoms with E-state index in [-0.39, 0.29) is 5.91 Å². The van der Waals surface area contributed by atoms with Crippen molar-refractivity contribution in [1.29, 1.82) is 0 Å². The number of anilines is 2. The van der Waals surface area contributed by atoms with Gasteiger partial charge in [0.2, 0.25) is 0 Å². The summed E-state index contributed by atoms with van der Waals surface area (Å²) < 4.78 is 1.54. The Balaban J connectivity index is 2.69. The first-order valence-corrected chi connectivity index (χ1v) is 4.38. The summed E-state index contributed by atoms with van der Waals surface area (Å²) >= 11 is 0. The van der Waals surface area contributed by atoms with Crippen molar-refractivity contribution in [2.45, 2.75) is 0 Å². The highest BCUT2D eigenvalue weighted by molar-refractivity contribution is 6.02. The van der Waals surface area contributed by atoms with Gasteiger partial charge in [0.15, 0.2) is 0 Å². The number of amides is 1. The molecule has 2 heterocycles. The Labute approximate surface area is 85.9 Å². The van der Waals surface area contributed by atoms with Crippen LogP contribution in [0.2, 0.25) is 0 Å². The maximum atomic E-state index is 11.4. The van der Waals surface area contributed by atoms with Crippen LogP contribution < -0.4 is 16.8 Å². The first-order chi connectivity index (χ1) is 7.13. The Bertz CT molecular complexity index is 531. The topological polar surface area (TPSA) is 98.4 Å². The van der Waals surface area contributed by atoms with Crippen molar-refractivity contribution in [2.75, 3.05) is 18.5 Å². The van der Waals surface area contributed by atoms with Gasteiger partial charge in [-0.2, -0.15) is 5.10 Å². The van der Waals surface area contributed by atoms with Crippen LogP contribution in [0.5, 0.6) is 0 Å². The van der Waals surface area contributed by atoms with E-state index in [4.69, 9.17) is 11.5 Å². The maximum absolute atomic E-state index is 11.4. The third kappa shape index (κ3) is 1.35. The number of hydrogen-bond acceptors (Lipinski definition) is 4. The lowest BCUT2D eigenvalue weighted by atomic mass is 10.2. The molecule has 2 aromatic rings. The van der Waals surface area contributed by atoms with Crippen LogP contribution in [-0.4, -0.2) is 22.6 Å². The standard InChI is InChI=1S/C9H11N5O/c1-12-9(15)6-3-13-14-4-5(10)2-7(14)8(6)11/h2-4H,10-11H2,1H3,(H,12,15). The monoisotopic (exact) mass is 205 g/mol. The van der Waals surface area contributed by atoms with E-state index in [1.165, 1.54) is 10.7 Å². The van der Waals surface area contributed by atoms with Crippen molar-refractivity contribution in [1.82, 2.24) is 14.9 Å². The normalized spacial score (nSPS) is 10.5. The van der Waals surface area contributed by atoms with Gasteiger partial charge in [0.25, 0.3) is 5.91 Å². The average Bonchev–Trinajstić information content (AvgIpc) is 2.59. The van der Waals surface area contributed by atoms with Gasteiger partial charge in [-0.15, -0.1) is 0 Å². The van der Waals surface area contributed by atoms with E-state index in [0.717, 1.165) is 0 Å². The average molecular weight is 205 g/mol. The quantitative estimate of drug-likeness (QED) is 0.603. The highest BCUT2D eigenvalue weighted by atomic mass is 16.1. The van der Waals surface area contributed by atoms with E-state index in [2.05, 4.69) is 10.4 Å². The summed E-state index contributed by atoms with van der Waals surface area (Å²) in [6.07, 6.45) is 3.06. The summed E-state index contributed by atoms with van der Waals surface area (Å²) in [6, 6.07) is 1.68. The van der Waals surface area contributed by atoms with Crippen molar-refractivity contribution in [3.05, 3.63) is 24.0 Å². The Morgan fingerprint density at radius 1 is 1.53 bits per heavy atom. The smallest absolute Gasteiger partial charge is 0.254 e. The molecule has 78 valence electrons. The van der Waals surface area contributed by atoms with Gasteiger partial charge in [0, 0.05) is 7.05 Å². The number of aromatic nitrogens is 2. The van der Waals surface area contributed by atoms with E-state index >= 15 is 0 Å². The molecular weight excluding hydrogens is 194 g/mol. The molecule has 6 heteroatoms. The second-order valence-corrected chi connectivity index (χ2v) is 3.15. The number of fused-ring (bicyclic) bond motifs is 1. The fraction of sp³-hybridized carbons (Fsp3) is 0.111. The van der Waals surface area contributed by atoms with Gasteiger partial charge >= 0.3 is 0 Å². The van der Waals surface area contributed by atoms with Gasteiger partial charge in [-0.05, 0) is 6.07 Å². The van der Waals surface area contributed by atoms with Gasteiger partial charge in [-0.3, -0.25) is 4.79 Å². The van der Waals surface area contributed by atoms with Gasteiger partial charge < -0.3 is 16.8 Å². The molecule has 0 bridgehead atoms. The summed E-state index contributed by atoms with van der Waals surface area (Å²) in [6.45, 7) is 0. The van der Waals surface area contributed by atoms with E-state index in [9.17, 15) is 4.79 Å². The summed E-state index contributed by atoms with van der Waals surface area (Å²) in [4.78, 5) is 11.4. The zero-order valence-electron chi connectivity index (χ0n) is 8.19. The third-order valence-corrected chi connectivity index (χ3v) is 2.17. The fourth-order valence-corrected chi connectivity index (χ4v) is 1.41. The van der Waals surface area contributed by atoms with E-state index in [0.29, 0.717) is 22.5 Å². The van der Waals surface area contributed by atoms with Crippen molar-refractivity contribution in [2.24, 2.45) is 0 Å². The second kappa shape index (κ2) is 3.16. The molecule has 2 aromatic heterocycles. The lowest BCUT2D eigenvalue weighted by molar-refractivity contribution is 0.0963. The molecule has 1 amide bonds. The van der Waals surface area contributed by atoms with Crippen LogP contribution in [0.4, 0.5) is 11.4 Å². The predicted molar refractivity (Wildman–Crippen MR) is 57.4 cm³/mol. The van der Waals surface area contributed by atoms with E-state index in [1.54, 1.807) is 19.3 Å². The van der Waals surface area contributed by atoms with Crippen molar-refractivity contribution in [3.8, 4) is 0 Å². The van der Waals surface area contributed by atoms with Gasteiger partial charge in [-0.1, -0.05) is 0 Å². The highest BCUT2D eigenvalue weighted by Crippen LogP contribution is 2.20. The van der Waals surface area contributed by atoms with Gasteiger partial charge in [0.1, 0.15) is 0 Å². The number of carbonyl (C=O) groups is 1. The van der Waals surface area contributed by atoms with Gasteiger partial charge in [0.05, 0.1) is 34.8 Å². The van der Waals surface area contributed by atoms with Crippen LogP contribution in [-0.2, 0) is 0 Å². The zero-order chi connectivity index (χ0) is 11.0. The molecule has 5 N–H and O–H groups in total. The van der Waals surface area contributed by atoms with Crippen LogP contribution in [0.15, 0.2) is 18.5 Å². The molecule has 0 fully saturated rings. The minimum atomic E-state index is -0.262. The number of nitrogens with zero attached hydrogens (tertiary/aromatic N) is 2. The molecule has 0 radical (unpaired) electrons. The summed E-state index contributed by atoms with van der Waals surface area (Å²) in [5, 5.41) is 6.52. The molecule has 0 aliphatic carbocycles. The Morgan fingerprint density at radius 2 is 2.27 bits per heavy atom. The number of nitrogen functional groups attached to an aromatic ring is 2. The van der Waals surface area contributed by atoms with Gasteiger partial charge in [-0.25, -0.2) is 4.52 Å². The number of nitrogens with one attached hydrogen (secondary N) is 1.